The van der Waals surface area contributed by atoms with E-state index in [1.165, 1.54) is 12.8 Å². The van der Waals surface area contributed by atoms with E-state index in [4.69, 9.17) is 0 Å². The standard InChI is InChI=1S/C20H31NO3/c1-2-3-4-5-11-14-17-20(21(23)24)18-15-12-9-7-6-8-10-13-16-19-22/h6,8-9,11-12,14,18-19H,2-5,7,10,13,15-17H2,1H3/b8-6+,12-9+,14-11+,20-18-. The smallest absolute Gasteiger partial charge is 0.246 e. The summed E-state index contributed by atoms with van der Waals surface area (Å²) in [6, 6.07) is 0. The number of unbranched alkanes of at least 4 members (excludes halogenated alkanes) is 5. The molecule has 0 aromatic heterocycles. The van der Waals surface area contributed by atoms with Gasteiger partial charge in [0.1, 0.15) is 6.29 Å². The first-order valence-corrected chi connectivity index (χ1v) is 8.94. The average molecular weight is 333 g/mol. The predicted molar refractivity (Wildman–Crippen MR) is 100 cm³/mol. The van der Waals surface area contributed by atoms with Crippen molar-refractivity contribution >= 4 is 6.29 Å². The number of nitro groups is 1. The Labute approximate surface area is 146 Å². The number of carbonyl (C=O) groups excluding carboxylic acids is 1. The third-order valence-corrected chi connectivity index (χ3v) is 3.49. The zero-order valence-corrected chi connectivity index (χ0v) is 14.9. The van der Waals surface area contributed by atoms with Gasteiger partial charge in [0.15, 0.2) is 0 Å². The minimum atomic E-state index is -0.294. The van der Waals surface area contributed by atoms with Crippen LogP contribution in [0.15, 0.2) is 48.2 Å². The first kappa shape index (κ1) is 22.0. The summed E-state index contributed by atoms with van der Waals surface area (Å²) in [5.74, 6) is 0. The van der Waals surface area contributed by atoms with E-state index in [0.29, 0.717) is 19.3 Å². The van der Waals surface area contributed by atoms with E-state index in [1.54, 1.807) is 6.08 Å². The fraction of sp³-hybridized carbons (Fsp3) is 0.550. The van der Waals surface area contributed by atoms with Crippen LogP contribution in [0.5, 0.6) is 0 Å². The maximum Gasteiger partial charge on any atom is 0.246 e. The molecule has 0 aliphatic carbocycles. The van der Waals surface area contributed by atoms with E-state index in [2.05, 4.69) is 19.1 Å². The lowest BCUT2D eigenvalue weighted by Crippen LogP contribution is -1.97. The highest BCUT2D eigenvalue weighted by molar-refractivity contribution is 5.49. The molecule has 0 aliphatic heterocycles. The van der Waals surface area contributed by atoms with Crippen LogP contribution in [0.2, 0.25) is 0 Å². The third kappa shape index (κ3) is 14.9. The largest absolute Gasteiger partial charge is 0.303 e. The zero-order valence-electron chi connectivity index (χ0n) is 14.9. The van der Waals surface area contributed by atoms with Crippen molar-refractivity contribution < 1.29 is 9.72 Å². The summed E-state index contributed by atoms with van der Waals surface area (Å²) in [4.78, 5) is 20.9. The molecule has 0 bridgehead atoms. The van der Waals surface area contributed by atoms with Gasteiger partial charge in [-0.2, -0.15) is 0 Å². The number of nitrogens with zero attached hydrogens (tertiary/aromatic N) is 1. The maximum absolute atomic E-state index is 11.0. The SMILES string of the molecule is CCCCC/C=C/C/C(=C/C/C=C/C/C=C/CCCC=O)[N+](=O)[O-]. The van der Waals surface area contributed by atoms with Crippen molar-refractivity contribution in [2.24, 2.45) is 0 Å². The summed E-state index contributed by atoms with van der Waals surface area (Å²) in [6.45, 7) is 2.16. The quantitative estimate of drug-likeness (QED) is 0.123. The van der Waals surface area contributed by atoms with Gasteiger partial charge in [-0.3, -0.25) is 10.1 Å². The summed E-state index contributed by atoms with van der Waals surface area (Å²) >= 11 is 0. The van der Waals surface area contributed by atoms with Gasteiger partial charge in [-0.25, -0.2) is 0 Å². The lowest BCUT2D eigenvalue weighted by Gasteiger charge is -1.94. The molecule has 0 radical (unpaired) electrons. The van der Waals surface area contributed by atoms with Gasteiger partial charge in [0.05, 0.1) is 11.3 Å². The summed E-state index contributed by atoms with van der Waals surface area (Å²) < 4.78 is 0. The number of rotatable bonds is 15. The number of allylic oxidation sites excluding steroid dienone is 7. The van der Waals surface area contributed by atoms with Gasteiger partial charge in [-0.1, -0.05) is 56.2 Å². The molecule has 0 aromatic carbocycles. The van der Waals surface area contributed by atoms with Crippen molar-refractivity contribution in [1.82, 2.24) is 0 Å². The van der Waals surface area contributed by atoms with Crippen LogP contribution in [0, 0.1) is 10.1 Å². The summed E-state index contributed by atoms with van der Waals surface area (Å²) in [5, 5.41) is 11.0. The van der Waals surface area contributed by atoms with E-state index in [-0.39, 0.29) is 10.6 Å². The molecular formula is C20H31NO3. The van der Waals surface area contributed by atoms with Gasteiger partial charge >= 0.3 is 0 Å². The van der Waals surface area contributed by atoms with Crippen LogP contribution in [0.1, 0.15) is 71.1 Å². The van der Waals surface area contributed by atoms with Crippen LogP contribution in [-0.2, 0) is 4.79 Å². The summed E-state index contributed by atoms with van der Waals surface area (Å²) in [5.41, 5.74) is 0.260. The van der Waals surface area contributed by atoms with Crippen molar-refractivity contribution in [1.29, 1.82) is 0 Å². The van der Waals surface area contributed by atoms with Crippen molar-refractivity contribution in [2.45, 2.75) is 71.1 Å². The van der Waals surface area contributed by atoms with Crippen LogP contribution < -0.4 is 0 Å². The van der Waals surface area contributed by atoms with E-state index in [9.17, 15) is 14.9 Å². The normalized spacial score (nSPS) is 12.6. The van der Waals surface area contributed by atoms with Gasteiger partial charge < -0.3 is 4.79 Å². The molecule has 0 atom stereocenters. The van der Waals surface area contributed by atoms with Crippen molar-refractivity contribution in [3.8, 4) is 0 Å². The molecule has 0 heterocycles. The minimum Gasteiger partial charge on any atom is -0.303 e. The Hall–Kier alpha value is -1.97. The zero-order chi connectivity index (χ0) is 17.9. The molecule has 4 heteroatoms. The first-order chi connectivity index (χ1) is 11.7. The van der Waals surface area contributed by atoms with Crippen LogP contribution in [-0.4, -0.2) is 11.2 Å². The van der Waals surface area contributed by atoms with Crippen LogP contribution in [0.25, 0.3) is 0 Å². The van der Waals surface area contributed by atoms with Crippen LogP contribution in [0.4, 0.5) is 0 Å². The number of aldehydes is 1. The molecule has 0 N–H and O–H groups in total. The Kier molecular flexibility index (Phi) is 16.0. The molecular weight excluding hydrogens is 302 g/mol. The topological polar surface area (TPSA) is 60.2 Å². The number of hydrogen-bond acceptors (Lipinski definition) is 3. The van der Waals surface area contributed by atoms with Crippen LogP contribution >= 0.6 is 0 Å². The molecule has 0 aliphatic rings. The van der Waals surface area contributed by atoms with Gasteiger partial charge in [0.25, 0.3) is 0 Å². The Balaban J connectivity index is 4.00. The molecule has 134 valence electrons. The highest BCUT2D eigenvalue weighted by atomic mass is 16.6. The molecule has 0 unspecified atom stereocenters. The summed E-state index contributed by atoms with van der Waals surface area (Å²) in [7, 11) is 0. The van der Waals surface area contributed by atoms with Crippen molar-refractivity contribution in [2.75, 3.05) is 0 Å². The lowest BCUT2D eigenvalue weighted by molar-refractivity contribution is -0.427. The Morgan fingerprint density at radius 1 is 0.875 bits per heavy atom. The Bertz CT molecular complexity index is 448. The van der Waals surface area contributed by atoms with Crippen LogP contribution in [0.3, 0.4) is 0 Å². The van der Waals surface area contributed by atoms with Gasteiger partial charge in [0, 0.05) is 6.42 Å². The summed E-state index contributed by atoms with van der Waals surface area (Å²) in [6.07, 6.45) is 23.4. The average Bonchev–Trinajstić information content (AvgIpc) is 2.57. The second kappa shape index (κ2) is 17.4. The van der Waals surface area contributed by atoms with E-state index in [0.717, 1.165) is 38.4 Å². The minimum absolute atomic E-state index is 0.260. The van der Waals surface area contributed by atoms with Gasteiger partial charge in [-0.15, -0.1) is 0 Å². The van der Waals surface area contributed by atoms with E-state index in [1.807, 2.05) is 24.3 Å². The fourth-order valence-corrected chi connectivity index (χ4v) is 2.07. The predicted octanol–water partition coefficient (Wildman–Crippen LogP) is 5.94. The molecule has 24 heavy (non-hydrogen) atoms. The van der Waals surface area contributed by atoms with Crippen molar-refractivity contribution in [3.63, 3.8) is 0 Å². The highest BCUT2D eigenvalue weighted by Crippen LogP contribution is 2.08. The molecule has 4 nitrogen and oxygen atoms in total. The first-order valence-electron chi connectivity index (χ1n) is 8.94. The molecule has 0 saturated carbocycles. The maximum atomic E-state index is 11.0. The molecule has 0 saturated heterocycles. The fourth-order valence-electron chi connectivity index (χ4n) is 2.07. The van der Waals surface area contributed by atoms with Gasteiger partial charge in [-0.05, 0) is 44.6 Å². The Morgan fingerprint density at radius 2 is 1.54 bits per heavy atom. The third-order valence-electron chi connectivity index (χ3n) is 3.49. The molecule has 0 rings (SSSR count). The van der Waals surface area contributed by atoms with E-state index >= 15 is 0 Å². The second-order valence-corrected chi connectivity index (χ2v) is 5.64. The monoisotopic (exact) mass is 333 g/mol. The molecule has 0 aromatic rings. The number of hydrogen-bond donors (Lipinski definition) is 0. The highest BCUT2D eigenvalue weighted by Gasteiger charge is 2.06. The Morgan fingerprint density at radius 3 is 2.25 bits per heavy atom. The molecule has 0 spiro atoms. The molecule has 0 amide bonds. The van der Waals surface area contributed by atoms with Gasteiger partial charge in [0.2, 0.25) is 5.70 Å². The second-order valence-electron chi connectivity index (χ2n) is 5.64. The number of carbonyl (C=O) groups is 1. The van der Waals surface area contributed by atoms with E-state index < -0.39 is 0 Å². The van der Waals surface area contributed by atoms with Crippen molar-refractivity contribution in [3.05, 3.63) is 58.3 Å². The molecule has 0 fully saturated rings. The lowest BCUT2D eigenvalue weighted by atomic mass is 10.1.